The number of ether oxygens (including phenoxy) is 4. The van der Waals surface area contributed by atoms with Crippen LogP contribution in [0.5, 0.6) is 5.75 Å². The molecule has 2 aromatic carbocycles. The number of imidazole rings is 1. The van der Waals surface area contributed by atoms with E-state index in [2.05, 4.69) is 16.8 Å². The second kappa shape index (κ2) is 12.9. The standard InChI is InChI=1S/C30H32F2N2O6/c1-19(39-27-4-2-3-15-38-27)30-33-13-14-34(30)22(16-35)10-7-20-5-8-21(9-6-20)23-11-12-25(29(32)28(23)31)40-26-18-37-17-24(26)36/h5-6,8-9,11-14,19,22,24,26-27,35-36H,2-4,15-18H2,1H3/t19-,22-,24+,26?,27?/m0/s1. The first-order valence-corrected chi connectivity index (χ1v) is 13.4. The lowest BCUT2D eigenvalue weighted by Gasteiger charge is -2.26. The van der Waals surface area contributed by atoms with Gasteiger partial charge in [0.25, 0.3) is 0 Å². The zero-order valence-corrected chi connectivity index (χ0v) is 22.1. The molecule has 212 valence electrons. The zero-order valence-electron chi connectivity index (χ0n) is 22.1. The Kier molecular flexibility index (Phi) is 9.09. The van der Waals surface area contributed by atoms with E-state index in [4.69, 9.17) is 18.9 Å². The molecule has 2 aliphatic heterocycles. The summed E-state index contributed by atoms with van der Waals surface area (Å²) in [6.45, 7) is 2.54. The highest BCUT2D eigenvalue weighted by Crippen LogP contribution is 2.31. The molecule has 0 bridgehead atoms. The van der Waals surface area contributed by atoms with Crippen molar-refractivity contribution in [1.82, 2.24) is 9.55 Å². The maximum atomic E-state index is 14.9. The van der Waals surface area contributed by atoms with E-state index in [1.807, 2.05) is 6.92 Å². The van der Waals surface area contributed by atoms with Crippen LogP contribution in [0.4, 0.5) is 8.78 Å². The van der Waals surface area contributed by atoms with Crippen molar-refractivity contribution in [2.24, 2.45) is 0 Å². The summed E-state index contributed by atoms with van der Waals surface area (Å²) in [6, 6.07) is 8.91. The van der Waals surface area contributed by atoms with Gasteiger partial charge in [-0.3, -0.25) is 0 Å². The van der Waals surface area contributed by atoms with E-state index in [1.165, 1.54) is 12.1 Å². The summed E-state index contributed by atoms with van der Waals surface area (Å²) in [6.07, 6.45) is 4.04. The second-order valence-electron chi connectivity index (χ2n) is 9.81. The maximum absolute atomic E-state index is 14.9. The molecule has 5 atom stereocenters. The SMILES string of the molecule is C[C@H](OC1CCCCO1)c1nccn1[C@@H](C#Cc1ccc(-c2ccc(OC3COC[C@H]3O)c(F)c2F)cc1)CO. The Morgan fingerprint density at radius 3 is 2.65 bits per heavy atom. The summed E-state index contributed by atoms with van der Waals surface area (Å²) in [5, 5.41) is 19.9. The molecule has 10 heteroatoms. The highest BCUT2D eigenvalue weighted by molar-refractivity contribution is 5.66. The molecule has 40 heavy (non-hydrogen) atoms. The number of hydrogen-bond acceptors (Lipinski definition) is 7. The Bertz CT molecular complexity index is 1350. The number of rotatable bonds is 8. The average Bonchev–Trinajstić information content (AvgIpc) is 3.62. The van der Waals surface area contributed by atoms with Crippen molar-refractivity contribution in [3.8, 4) is 28.7 Å². The number of aliphatic hydroxyl groups excluding tert-OH is 2. The minimum absolute atomic E-state index is 0.0693. The fraction of sp³-hybridized carbons (Fsp3) is 0.433. The minimum atomic E-state index is -1.13. The molecule has 0 radical (unpaired) electrons. The average molecular weight is 555 g/mol. The Morgan fingerprint density at radius 2 is 1.95 bits per heavy atom. The molecule has 3 heterocycles. The van der Waals surface area contributed by atoms with Gasteiger partial charge in [-0.25, -0.2) is 9.37 Å². The van der Waals surface area contributed by atoms with Crippen LogP contribution in [0, 0.1) is 23.5 Å². The molecule has 2 N–H and O–H groups in total. The van der Waals surface area contributed by atoms with Gasteiger partial charge in [-0.05, 0) is 56.0 Å². The quantitative estimate of drug-likeness (QED) is 0.404. The summed E-state index contributed by atoms with van der Waals surface area (Å²) in [5.41, 5.74) is 1.17. The minimum Gasteiger partial charge on any atom is -0.482 e. The number of benzene rings is 2. The van der Waals surface area contributed by atoms with Crippen LogP contribution in [-0.4, -0.2) is 64.7 Å². The third kappa shape index (κ3) is 6.35. The first-order valence-electron chi connectivity index (χ1n) is 13.4. The Hall–Kier alpha value is -3.33. The maximum Gasteiger partial charge on any atom is 0.201 e. The van der Waals surface area contributed by atoms with Crippen LogP contribution >= 0.6 is 0 Å². The fourth-order valence-corrected chi connectivity index (χ4v) is 4.76. The predicted molar refractivity (Wildman–Crippen MR) is 141 cm³/mol. The van der Waals surface area contributed by atoms with Crippen LogP contribution in [0.3, 0.4) is 0 Å². The summed E-state index contributed by atoms with van der Waals surface area (Å²) in [5.74, 6) is 4.29. The normalized spacial score (nSPS) is 22.4. The van der Waals surface area contributed by atoms with E-state index in [1.54, 1.807) is 41.2 Å². The second-order valence-corrected chi connectivity index (χ2v) is 9.81. The molecule has 2 saturated heterocycles. The lowest BCUT2D eigenvalue weighted by atomic mass is 10.0. The van der Waals surface area contributed by atoms with Gasteiger partial charge in [0, 0.05) is 30.1 Å². The van der Waals surface area contributed by atoms with Crippen molar-refractivity contribution in [3.63, 3.8) is 0 Å². The van der Waals surface area contributed by atoms with Crippen LogP contribution in [0.2, 0.25) is 0 Å². The molecule has 0 amide bonds. The third-order valence-electron chi connectivity index (χ3n) is 6.97. The van der Waals surface area contributed by atoms with Gasteiger partial charge in [-0.15, -0.1) is 0 Å². The van der Waals surface area contributed by atoms with Crippen molar-refractivity contribution in [2.45, 2.75) is 56.8 Å². The van der Waals surface area contributed by atoms with Gasteiger partial charge in [-0.2, -0.15) is 4.39 Å². The molecule has 1 aromatic heterocycles. The van der Waals surface area contributed by atoms with Crippen LogP contribution in [-0.2, 0) is 14.2 Å². The zero-order chi connectivity index (χ0) is 28.1. The summed E-state index contributed by atoms with van der Waals surface area (Å²) >= 11 is 0. The van der Waals surface area contributed by atoms with Crippen molar-refractivity contribution >= 4 is 0 Å². The van der Waals surface area contributed by atoms with E-state index in [0.29, 0.717) is 23.6 Å². The van der Waals surface area contributed by atoms with Gasteiger partial charge in [0.2, 0.25) is 5.82 Å². The first-order chi connectivity index (χ1) is 19.4. The summed E-state index contributed by atoms with van der Waals surface area (Å²) < 4.78 is 53.6. The van der Waals surface area contributed by atoms with E-state index >= 15 is 0 Å². The molecule has 0 saturated carbocycles. The molecule has 5 rings (SSSR count). The van der Waals surface area contributed by atoms with Crippen LogP contribution < -0.4 is 4.74 Å². The van der Waals surface area contributed by atoms with Crippen molar-refractivity contribution in [3.05, 3.63) is 71.8 Å². The fourth-order valence-electron chi connectivity index (χ4n) is 4.76. The highest BCUT2D eigenvalue weighted by Gasteiger charge is 2.30. The smallest absolute Gasteiger partial charge is 0.201 e. The monoisotopic (exact) mass is 554 g/mol. The van der Waals surface area contributed by atoms with Gasteiger partial charge < -0.3 is 33.7 Å². The van der Waals surface area contributed by atoms with E-state index < -0.39 is 29.9 Å². The molecule has 2 aliphatic rings. The van der Waals surface area contributed by atoms with Crippen molar-refractivity contribution in [2.75, 3.05) is 26.4 Å². The largest absolute Gasteiger partial charge is 0.482 e. The molecule has 0 spiro atoms. The summed E-state index contributed by atoms with van der Waals surface area (Å²) in [7, 11) is 0. The molecule has 3 aromatic rings. The van der Waals surface area contributed by atoms with Crippen molar-refractivity contribution < 1.29 is 37.9 Å². The summed E-state index contributed by atoms with van der Waals surface area (Å²) in [4.78, 5) is 4.41. The number of aliphatic hydroxyl groups is 2. The van der Waals surface area contributed by atoms with E-state index in [0.717, 1.165) is 19.3 Å². The van der Waals surface area contributed by atoms with Crippen LogP contribution in [0.25, 0.3) is 11.1 Å². The predicted octanol–water partition coefficient (Wildman–Crippen LogP) is 4.16. The molecular weight excluding hydrogens is 522 g/mol. The van der Waals surface area contributed by atoms with Crippen molar-refractivity contribution in [1.29, 1.82) is 0 Å². The molecule has 0 aliphatic carbocycles. The number of aromatic nitrogens is 2. The highest BCUT2D eigenvalue weighted by atomic mass is 19.2. The molecule has 2 unspecified atom stereocenters. The van der Waals surface area contributed by atoms with Crippen LogP contribution in [0.15, 0.2) is 48.8 Å². The van der Waals surface area contributed by atoms with Gasteiger partial charge in [0.15, 0.2) is 24.0 Å². The van der Waals surface area contributed by atoms with Gasteiger partial charge in [0.1, 0.15) is 24.1 Å². The Labute approximate surface area is 231 Å². The Morgan fingerprint density at radius 1 is 1.12 bits per heavy atom. The number of halogens is 2. The number of hydrogen-bond donors (Lipinski definition) is 2. The van der Waals surface area contributed by atoms with E-state index in [9.17, 15) is 19.0 Å². The molecule has 2 fully saturated rings. The van der Waals surface area contributed by atoms with Gasteiger partial charge in [0.05, 0.1) is 19.8 Å². The lowest BCUT2D eigenvalue weighted by Crippen LogP contribution is -2.30. The molecule has 8 nitrogen and oxygen atoms in total. The van der Waals surface area contributed by atoms with Gasteiger partial charge >= 0.3 is 0 Å². The topological polar surface area (TPSA) is 95.2 Å². The first kappa shape index (κ1) is 28.2. The number of nitrogens with zero attached hydrogens (tertiary/aromatic N) is 2. The molecular formula is C30H32F2N2O6. The van der Waals surface area contributed by atoms with Gasteiger partial charge in [-0.1, -0.05) is 24.0 Å². The van der Waals surface area contributed by atoms with Crippen LogP contribution in [0.1, 0.15) is 49.7 Å². The third-order valence-corrected chi connectivity index (χ3v) is 6.97. The Balaban J connectivity index is 1.28. The lowest BCUT2D eigenvalue weighted by molar-refractivity contribution is -0.188. The van der Waals surface area contributed by atoms with E-state index in [-0.39, 0.29) is 43.5 Å².